The molecule has 5 nitrogen and oxygen atoms in total. The number of nitrogens with zero attached hydrogens (tertiary/aromatic N) is 4. The van der Waals surface area contributed by atoms with E-state index in [1.807, 2.05) is 65.2 Å². The SMILES string of the molecule is [2H]c1c([2H])c([2H])c(-c2cnc(-n3c4ccccc4c4ccc(Oc5cccc(-n6[c-][n+](-c7c(-c8cc(C(C)(C)C)cc(C(C)(C)C)c8)cc(C(C)(C)C)cc7-c7cc(C(C)(C)C)cc(C(C)(C)C)c7)c7ccc(-c8ccc(C(C)(C)C)cc8)cc76)c5)cc43)cc2C([2H])([2H])[2H])c([2H])c1[2H]. The quantitative estimate of drug-likeness (QED) is 0.107. The number of rotatable bonds is 9. The molecule has 0 radical (unpaired) electrons. The van der Waals surface area contributed by atoms with E-state index in [-0.39, 0.29) is 55.0 Å². The summed E-state index contributed by atoms with van der Waals surface area (Å²) in [5.41, 5.74) is 17.9. The maximum absolute atomic E-state index is 8.77. The van der Waals surface area contributed by atoms with Gasteiger partial charge in [0.1, 0.15) is 17.3 Å². The van der Waals surface area contributed by atoms with Crippen molar-refractivity contribution in [2.75, 3.05) is 0 Å². The molecule has 5 heteroatoms. The molecule has 0 saturated carbocycles. The molecule has 0 aliphatic rings. The minimum Gasteiger partial charge on any atom is -0.458 e. The summed E-state index contributed by atoms with van der Waals surface area (Å²) in [6.07, 6.45) is 5.37. The summed E-state index contributed by atoms with van der Waals surface area (Å²) < 4.78 is 82.2. The molecule has 0 bridgehead atoms. The summed E-state index contributed by atoms with van der Waals surface area (Å²) in [7, 11) is 0. The maximum atomic E-state index is 8.77. The third kappa shape index (κ3) is 12.0. The summed E-state index contributed by atoms with van der Waals surface area (Å²) in [5.74, 6) is 1.33. The van der Waals surface area contributed by atoms with Gasteiger partial charge in [-0.2, -0.15) is 0 Å². The van der Waals surface area contributed by atoms with Crippen LogP contribution in [0.5, 0.6) is 11.5 Å². The predicted octanol–water partition coefficient (Wildman–Crippen LogP) is 22.8. The molecule has 90 heavy (non-hydrogen) atoms. The van der Waals surface area contributed by atoms with Gasteiger partial charge in [0.05, 0.1) is 40.3 Å². The van der Waals surface area contributed by atoms with Crippen LogP contribution < -0.4 is 9.30 Å². The van der Waals surface area contributed by atoms with E-state index in [1.165, 1.54) is 45.6 Å². The number of ether oxygens (including phenoxy) is 1. The largest absolute Gasteiger partial charge is 0.458 e. The Morgan fingerprint density at radius 1 is 0.422 bits per heavy atom. The normalized spacial score (nSPS) is 14.2. The highest BCUT2D eigenvalue weighted by Gasteiger charge is 2.30. The molecule has 9 aromatic carbocycles. The first kappa shape index (κ1) is 52.0. The number of aromatic nitrogens is 4. The lowest BCUT2D eigenvalue weighted by atomic mass is 9.76. The zero-order valence-electron chi connectivity index (χ0n) is 63.9. The number of aryl methyl sites for hydroxylation is 1. The lowest BCUT2D eigenvalue weighted by Crippen LogP contribution is -2.32. The van der Waals surface area contributed by atoms with Crippen LogP contribution in [0.15, 0.2) is 200 Å². The molecule has 0 saturated heterocycles. The third-order valence-electron chi connectivity index (χ3n) is 17.7. The van der Waals surface area contributed by atoms with Gasteiger partial charge in [-0.25, -0.2) is 4.98 Å². The standard InChI is InChI=1S/C85H90N4O/c1-54-40-78(86-52-73(54)56-26-21-20-22-27-56)89-74-31-24-23-30-69(74)70-38-37-68(51-76(70)89)90-67-29-25-28-66(50-67)87-53-88(75-39-34-57(45-77(75)87)55-32-35-60(36-33-55)80(2,3)4)79-71(58-41-61(81(5,6)7)46-62(42-58)82(8,9)10)48-65(85(17,18)19)49-72(79)59-43-63(83(11,12)13)47-64(44-59)84(14,15)16/h20-52H,1-19H3/i1D3,20D,21D,22D,26D,27D. The number of pyridine rings is 1. The monoisotopic (exact) mass is 1190 g/mol. The van der Waals surface area contributed by atoms with E-state index >= 15 is 0 Å². The first-order valence-electron chi connectivity index (χ1n) is 35.6. The first-order chi connectivity index (χ1) is 45.6. The first-order valence-corrected chi connectivity index (χ1v) is 31.6. The molecule has 0 aliphatic heterocycles. The number of hydrogen-bond donors (Lipinski definition) is 0. The minimum absolute atomic E-state index is 0.0230. The van der Waals surface area contributed by atoms with Crippen LogP contribution in [0.1, 0.15) is 175 Å². The van der Waals surface area contributed by atoms with Crippen LogP contribution in [0, 0.1) is 13.2 Å². The molecule has 0 N–H and O–H groups in total. The molecule has 12 rings (SSSR count). The molecular formula is C85H90N4O. The van der Waals surface area contributed by atoms with E-state index in [9.17, 15) is 0 Å². The molecule has 3 heterocycles. The van der Waals surface area contributed by atoms with Gasteiger partial charge in [0, 0.05) is 32.7 Å². The summed E-state index contributed by atoms with van der Waals surface area (Å²) in [4.78, 5) is 4.82. The Labute approximate surface area is 547 Å². The highest BCUT2D eigenvalue weighted by molar-refractivity contribution is 6.09. The molecule has 0 amide bonds. The number of fused-ring (bicyclic) bond motifs is 4. The van der Waals surface area contributed by atoms with Gasteiger partial charge in [-0.05, 0) is 166 Å². The Morgan fingerprint density at radius 3 is 1.52 bits per heavy atom. The molecule has 12 aromatic rings. The highest BCUT2D eigenvalue weighted by atomic mass is 16.5. The minimum atomic E-state index is -2.77. The Bertz CT molecular complexity index is 4970. The van der Waals surface area contributed by atoms with Gasteiger partial charge in [0.2, 0.25) is 0 Å². The second-order valence-corrected chi connectivity index (χ2v) is 30.8. The van der Waals surface area contributed by atoms with Crippen LogP contribution in [0.2, 0.25) is 0 Å². The molecule has 0 spiro atoms. The summed E-state index contributed by atoms with van der Waals surface area (Å²) in [5, 5.41) is 1.76. The molecule has 0 atom stereocenters. The fraction of sp³-hybridized carbons (Fsp3) is 0.294. The van der Waals surface area contributed by atoms with Crippen molar-refractivity contribution < 1.29 is 20.3 Å². The fourth-order valence-electron chi connectivity index (χ4n) is 12.1. The Kier molecular flexibility index (Phi) is 12.9. The summed E-state index contributed by atoms with van der Waals surface area (Å²) >= 11 is 0. The van der Waals surface area contributed by atoms with Crippen molar-refractivity contribution in [3.05, 3.63) is 245 Å². The van der Waals surface area contributed by atoms with Crippen molar-refractivity contribution in [3.8, 4) is 73.2 Å². The zero-order chi connectivity index (χ0) is 71.1. The zero-order valence-corrected chi connectivity index (χ0v) is 55.9. The van der Waals surface area contributed by atoms with Crippen LogP contribution in [0.3, 0.4) is 0 Å². The van der Waals surface area contributed by atoms with Gasteiger partial charge in [0.15, 0.2) is 0 Å². The second-order valence-electron chi connectivity index (χ2n) is 30.8. The fourth-order valence-corrected chi connectivity index (χ4v) is 12.1. The van der Waals surface area contributed by atoms with Crippen molar-refractivity contribution in [1.82, 2.24) is 14.1 Å². The topological polar surface area (TPSA) is 35.9 Å². The second kappa shape index (κ2) is 22.3. The van der Waals surface area contributed by atoms with Gasteiger partial charge < -0.3 is 4.74 Å². The van der Waals surface area contributed by atoms with Gasteiger partial charge in [0.25, 0.3) is 6.33 Å². The molecule has 0 aliphatic carbocycles. The highest BCUT2D eigenvalue weighted by Crippen LogP contribution is 2.45. The van der Waals surface area contributed by atoms with Crippen LogP contribution in [0.4, 0.5) is 0 Å². The van der Waals surface area contributed by atoms with Gasteiger partial charge in [-0.1, -0.05) is 264 Å². The van der Waals surface area contributed by atoms with Crippen LogP contribution in [0.25, 0.3) is 94.5 Å². The third-order valence-corrected chi connectivity index (χ3v) is 17.7. The van der Waals surface area contributed by atoms with E-state index in [1.54, 1.807) is 0 Å². The maximum Gasteiger partial charge on any atom is 0.269 e. The summed E-state index contributed by atoms with van der Waals surface area (Å²) in [6, 6.07) is 55.5. The number of para-hydroxylation sites is 1. The van der Waals surface area contributed by atoms with Crippen LogP contribution in [-0.4, -0.2) is 14.1 Å². The van der Waals surface area contributed by atoms with Gasteiger partial charge in [-0.3, -0.25) is 13.7 Å². The molecular weight excluding hydrogens is 1090 g/mol. The Hall–Kier alpha value is -8.80. The van der Waals surface area contributed by atoms with Gasteiger partial charge >= 0.3 is 0 Å². The smallest absolute Gasteiger partial charge is 0.269 e. The summed E-state index contributed by atoms with van der Waals surface area (Å²) in [6.45, 7) is 38.6. The molecule has 456 valence electrons. The lowest BCUT2D eigenvalue weighted by Gasteiger charge is -2.30. The van der Waals surface area contributed by atoms with E-state index in [4.69, 9.17) is 20.7 Å². The molecule has 0 fully saturated rings. The van der Waals surface area contributed by atoms with Crippen molar-refractivity contribution in [2.45, 2.75) is 164 Å². The number of hydrogen-bond acceptors (Lipinski definition) is 2. The molecule has 3 aromatic heterocycles. The number of imidazole rings is 1. The van der Waals surface area contributed by atoms with Crippen molar-refractivity contribution in [2.24, 2.45) is 0 Å². The lowest BCUT2D eigenvalue weighted by molar-refractivity contribution is -0.571. The van der Waals surface area contributed by atoms with E-state index in [0.717, 1.165) is 72.1 Å². The Balaban J connectivity index is 1.09. The predicted molar refractivity (Wildman–Crippen MR) is 381 cm³/mol. The number of benzene rings is 9. The van der Waals surface area contributed by atoms with Crippen molar-refractivity contribution in [3.63, 3.8) is 0 Å². The van der Waals surface area contributed by atoms with Gasteiger partial charge in [-0.15, -0.1) is 0 Å². The van der Waals surface area contributed by atoms with Crippen molar-refractivity contribution >= 4 is 32.8 Å². The average Bonchev–Trinajstić information content (AvgIpc) is 1.74. The van der Waals surface area contributed by atoms with E-state index in [0.29, 0.717) is 17.0 Å². The van der Waals surface area contributed by atoms with Crippen LogP contribution >= 0.6 is 0 Å². The Morgan fingerprint density at radius 2 is 0.956 bits per heavy atom. The van der Waals surface area contributed by atoms with Crippen molar-refractivity contribution in [1.29, 1.82) is 0 Å². The molecule has 0 unspecified atom stereocenters. The van der Waals surface area contributed by atoms with Crippen LogP contribution in [-0.2, 0) is 32.5 Å². The van der Waals surface area contributed by atoms with E-state index in [2.05, 4.69) is 237 Å². The average molecular weight is 1190 g/mol. The van der Waals surface area contributed by atoms with E-state index < -0.39 is 37.1 Å².